The van der Waals surface area contributed by atoms with Crippen LogP contribution in [-0.4, -0.2) is 51.9 Å². The molecule has 5 rings (SSSR count). The van der Waals surface area contributed by atoms with Gasteiger partial charge in [0.1, 0.15) is 12.4 Å². The molecule has 208 valence electrons. The van der Waals surface area contributed by atoms with Crippen LogP contribution in [-0.2, 0) is 22.6 Å². The fourth-order valence-electron chi connectivity index (χ4n) is 5.43. The van der Waals surface area contributed by atoms with Crippen molar-refractivity contribution in [2.24, 2.45) is 5.92 Å². The molecule has 0 bridgehead atoms. The molecule has 0 spiro atoms. The lowest BCUT2D eigenvalue weighted by Gasteiger charge is -2.32. The Kier molecular flexibility index (Phi) is 8.79. The molecule has 3 aromatic rings. The van der Waals surface area contributed by atoms with Gasteiger partial charge >= 0.3 is 5.97 Å². The summed E-state index contributed by atoms with van der Waals surface area (Å²) >= 11 is 13.3. The van der Waals surface area contributed by atoms with Crippen molar-refractivity contribution in [3.05, 3.63) is 57.9 Å². The number of benzene rings is 1. The third-order valence-electron chi connectivity index (χ3n) is 7.91. The van der Waals surface area contributed by atoms with Gasteiger partial charge in [-0.1, -0.05) is 30.1 Å². The highest BCUT2D eigenvalue weighted by atomic mass is 35.5. The molecule has 39 heavy (non-hydrogen) atoms. The number of esters is 1. The number of pyridine rings is 1. The fraction of sp³-hybridized carbons (Fsp3) is 0.500. The molecule has 2 aromatic heterocycles. The van der Waals surface area contributed by atoms with Gasteiger partial charge in [0.05, 0.1) is 24.0 Å². The smallest absolute Gasteiger partial charge is 0.309 e. The van der Waals surface area contributed by atoms with Crippen LogP contribution in [0.5, 0.6) is 5.75 Å². The number of aryl methyl sites for hydroxylation is 1. The molecular weight excluding hydrogens is 535 g/mol. The summed E-state index contributed by atoms with van der Waals surface area (Å²) in [6.07, 6.45) is 6.32. The van der Waals surface area contributed by atoms with Gasteiger partial charge in [0.15, 0.2) is 10.8 Å². The van der Waals surface area contributed by atoms with Gasteiger partial charge in [-0.15, -0.1) is 0 Å². The Balaban J connectivity index is 1.21. The number of hydrogen-bond acceptors (Lipinski definition) is 6. The summed E-state index contributed by atoms with van der Waals surface area (Å²) in [4.78, 5) is 19.1. The van der Waals surface area contributed by atoms with E-state index in [0.29, 0.717) is 18.4 Å². The van der Waals surface area contributed by atoms with Crippen LogP contribution >= 0.6 is 23.2 Å². The summed E-state index contributed by atoms with van der Waals surface area (Å²) in [5, 5.41) is 6.63. The molecule has 0 amide bonds. The Hall–Kier alpha value is -2.61. The quantitative estimate of drug-likeness (QED) is 0.263. The maximum atomic E-state index is 12.0. The number of carbonyl (C=O) groups is 1. The van der Waals surface area contributed by atoms with Gasteiger partial charge < -0.3 is 9.47 Å². The Morgan fingerprint density at radius 2 is 1.95 bits per heavy atom. The van der Waals surface area contributed by atoms with Gasteiger partial charge in [-0.3, -0.25) is 9.69 Å². The number of hydrogen-bond donors (Lipinski definition) is 0. The topological polar surface area (TPSA) is 69.5 Å². The Morgan fingerprint density at radius 3 is 2.69 bits per heavy atom. The van der Waals surface area contributed by atoms with Gasteiger partial charge in [-0.05, 0) is 100 Å². The first-order chi connectivity index (χ1) is 18.9. The van der Waals surface area contributed by atoms with Gasteiger partial charge in [-0.2, -0.15) is 5.10 Å². The Morgan fingerprint density at radius 1 is 1.15 bits per heavy atom. The molecular formula is C30H36Cl2N4O3. The minimum Gasteiger partial charge on any atom is -0.489 e. The number of nitrogens with zero attached hydrogens (tertiary/aromatic N) is 4. The normalized spacial score (nSPS) is 17.4. The van der Waals surface area contributed by atoms with Crippen molar-refractivity contribution in [3.63, 3.8) is 0 Å². The molecule has 9 heteroatoms. The van der Waals surface area contributed by atoms with E-state index in [4.69, 9.17) is 32.7 Å². The maximum absolute atomic E-state index is 12.0. The summed E-state index contributed by atoms with van der Waals surface area (Å²) in [5.74, 6) is 0.773. The molecule has 1 fully saturated rings. The second-order valence-electron chi connectivity index (χ2n) is 10.5. The molecule has 0 saturated carbocycles. The molecule has 1 aliphatic carbocycles. The molecule has 7 nitrogen and oxygen atoms in total. The Labute approximate surface area is 240 Å². The average molecular weight is 572 g/mol. The second-order valence-corrected chi connectivity index (χ2v) is 11.3. The summed E-state index contributed by atoms with van der Waals surface area (Å²) < 4.78 is 13.2. The van der Waals surface area contributed by atoms with Crippen LogP contribution < -0.4 is 4.74 Å². The molecule has 1 saturated heterocycles. The van der Waals surface area contributed by atoms with Crippen molar-refractivity contribution >= 4 is 45.2 Å². The van der Waals surface area contributed by atoms with E-state index in [-0.39, 0.29) is 17.9 Å². The maximum Gasteiger partial charge on any atom is 0.309 e. The van der Waals surface area contributed by atoms with Gasteiger partial charge in [0.2, 0.25) is 0 Å². The summed E-state index contributed by atoms with van der Waals surface area (Å²) in [5.41, 5.74) is 5.29. The minimum absolute atomic E-state index is 0.0216. The van der Waals surface area contributed by atoms with Crippen LogP contribution in [0.25, 0.3) is 16.1 Å². The number of fused-ring (bicyclic) bond motifs is 2. The predicted octanol–water partition coefficient (Wildman–Crippen LogP) is 6.81. The van der Waals surface area contributed by atoms with Gasteiger partial charge in [-0.25, -0.2) is 9.67 Å². The number of aromatic nitrogens is 3. The monoisotopic (exact) mass is 570 g/mol. The molecule has 1 aliphatic heterocycles. The number of rotatable bonds is 9. The van der Waals surface area contributed by atoms with E-state index in [9.17, 15) is 4.79 Å². The summed E-state index contributed by atoms with van der Waals surface area (Å²) in [6, 6.07) is 8.38. The predicted molar refractivity (Wildman–Crippen MR) is 155 cm³/mol. The molecule has 1 aromatic carbocycles. The first kappa shape index (κ1) is 27.9. The highest BCUT2D eigenvalue weighted by molar-refractivity contribution is 6.49. The van der Waals surface area contributed by atoms with Crippen molar-refractivity contribution in [1.82, 2.24) is 19.7 Å². The van der Waals surface area contributed by atoms with E-state index in [2.05, 4.69) is 41.0 Å². The van der Waals surface area contributed by atoms with Crippen molar-refractivity contribution in [2.75, 3.05) is 26.2 Å². The minimum atomic E-state index is -0.0580. The largest absolute Gasteiger partial charge is 0.489 e. The zero-order chi connectivity index (χ0) is 27.5. The first-order valence-corrected chi connectivity index (χ1v) is 14.7. The zero-order valence-electron chi connectivity index (χ0n) is 22.9. The number of ether oxygens (including phenoxy) is 2. The van der Waals surface area contributed by atoms with Crippen molar-refractivity contribution in [3.8, 4) is 5.75 Å². The highest BCUT2D eigenvalue weighted by Gasteiger charge is 2.27. The van der Waals surface area contributed by atoms with Crippen LogP contribution in [0.2, 0.25) is 5.15 Å². The SMILES string of the molecule is CCOC(=O)C1CCN(CC2=C(Cl)c3ccc(OCc4cnc5c(c4)c(Cl)nn5C(C)CC)cc3CC2)CC1. The van der Waals surface area contributed by atoms with E-state index in [1.165, 1.54) is 11.1 Å². The van der Waals surface area contributed by atoms with E-state index in [0.717, 1.165) is 84.7 Å². The third-order valence-corrected chi connectivity index (χ3v) is 8.66. The van der Waals surface area contributed by atoms with Crippen LogP contribution in [0.4, 0.5) is 0 Å². The van der Waals surface area contributed by atoms with Gasteiger partial charge in [0, 0.05) is 23.3 Å². The average Bonchev–Trinajstić information content (AvgIpc) is 3.29. The highest BCUT2D eigenvalue weighted by Crippen LogP contribution is 2.37. The van der Waals surface area contributed by atoms with Crippen molar-refractivity contribution < 1.29 is 14.3 Å². The van der Waals surface area contributed by atoms with Crippen LogP contribution in [0.1, 0.15) is 69.2 Å². The molecule has 0 radical (unpaired) electrons. The third kappa shape index (κ3) is 6.11. The molecule has 1 unspecified atom stereocenters. The fourth-order valence-corrected chi connectivity index (χ4v) is 5.99. The molecule has 0 N–H and O–H groups in total. The Bertz CT molecular complexity index is 1380. The van der Waals surface area contributed by atoms with E-state index < -0.39 is 0 Å². The van der Waals surface area contributed by atoms with Crippen LogP contribution in [0, 0.1) is 5.92 Å². The van der Waals surface area contributed by atoms with Crippen LogP contribution in [0.15, 0.2) is 36.0 Å². The van der Waals surface area contributed by atoms with E-state index in [1.54, 1.807) is 0 Å². The van der Waals surface area contributed by atoms with Crippen molar-refractivity contribution in [1.29, 1.82) is 0 Å². The lowest BCUT2D eigenvalue weighted by molar-refractivity contribution is -0.149. The van der Waals surface area contributed by atoms with Crippen molar-refractivity contribution in [2.45, 2.75) is 65.5 Å². The summed E-state index contributed by atoms with van der Waals surface area (Å²) in [7, 11) is 0. The number of likely N-dealkylation sites (tertiary alicyclic amines) is 1. The van der Waals surface area contributed by atoms with E-state index in [1.807, 2.05) is 29.9 Å². The lowest BCUT2D eigenvalue weighted by Crippen LogP contribution is -2.38. The number of carbonyl (C=O) groups excluding carboxylic acids is 1. The standard InChI is InChI=1S/C30H36Cl2N4O3/c1-4-19(3)36-29-26(28(32)34-36)14-20(16-33-29)18-39-24-8-9-25-22(15-24)6-7-23(27(25)31)17-35-12-10-21(11-13-35)30(37)38-5-2/h8-9,14-16,19,21H,4-7,10-13,17-18H2,1-3H3. The number of piperidine rings is 1. The lowest BCUT2D eigenvalue weighted by atomic mass is 9.90. The molecule has 1 atom stereocenters. The van der Waals surface area contributed by atoms with Gasteiger partial charge in [0.25, 0.3) is 0 Å². The van der Waals surface area contributed by atoms with E-state index >= 15 is 0 Å². The second kappa shape index (κ2) is 12.3. The zero-order valence-corrected chi connectivity index (χ0v) is 24.4. The first-order valence-electron chi connectivity index (χ1n) is 13.9. The summed E-state index contributed by atoms with van der Waals surface area (Å²) in [6.45, 7) is 9.55. The molecule has 2 aliphatic rings. The molecule has 3 heterocycles. The van der Waals surface area contributed by atoms with Crippen LogP contribution in [0.3, 0.4) is 0 Å². The number of halogens is 2.